The summed E-state index contributed by atoms with van der Waals surface area (Å²) in [6.07, 6.45) is 3.86. The van der Waals surface area contributed by atoms with Gasteiger partial charge in [0.05, 0.1) is 11.4 Å². The fourth-order valence-corrected chi connectivity index (χ4v) is 3.06. The molecule has 0 amide bonds. The van der Waals surface area contributed by atoms with E-state index in [2.05, 4.69) is 49.5 Å². The van der Waals surface area contributed by atoms with Crippen molar-refractivity contribution in [1.82, 2.24) is 21.3 Å². The van der Waals surface area contributed by atoms with Gasteiger partial charge in [-0.1, -0.05) is 24.3 Å². The summed E-state index contributed by atoms with van der Waals surface area (Å²) in [5.41, 5.74) is 12.6. The van der Waals surface area contributed by atoms with E-state index < -0.39 is 0 Å². The number of para-hydroxylation sites is 1. The second kappa shape index (κ2) is 8.68. The zero-order valence-electron chi connectivity index (χ0n) is 14.4. The van der Waals surface area contributed by atoms with Gasteiger partial charge < -0.3 is 4.90 Å². The molecule has 3 rings (SSSR count). The normalized spacial score (nSPS) is 13.6. The fourth-order valence-electron chi connectivity index (χ4n) is 2.72. The monoisotopic (exact) mass is 384 g/mol. The average molecular weight is 385 g/mol. The van der Waals surface area contributed by atoms with Crippen molar-refractivity contribution in [2.45, 2.75) is 19.8 Å². The van der Waals surface area contributed by atoms with Gasteiger partial charge in [0, 0.05) is 18.4 Å². The Balaban J connectivity index is 1.53. The number of nitrogens with one attached hydrogen (secondary N) is 3. The molecule has 0 spiro atoms. The number of hydrazine groups is 1. The minimum atomic E-state index is 0.327. The van der Waals surface area contributed by atoms with Crippen LogP contribution in [0.15, 0.2) is 53.8 Å². The van der Waals surface area contributed by atoms with E-state index in [-0.39, 0.29) is 0 Å². The van der Waals surface area contributed by atoms with E-state index in [9.17, 15) is 0 Å². The van der Waals surface area contributed by atoms with Crippen molar-refractivity contribution in [3.05, 3.63) is 59.9 Å². The number of anilines is 1. The molecule has 1 aliphatic heterocycles. The molecule has 0 saturated carbocycles. The fraction of sp³-hybridized carbons (Fsp3) is 0.222. The Morgan fingerprint density at radius 2 is 1.92 bits per heavy atom. The predicted molar refractivity (Wildman–Crippen MR) is 113 cm³/mol. The van der Waals surface area contributed by atoms with Gasteiger partial charge in [-0.2, -0.15) is 5.10 Å². The molecule has 0 fully saturated rings. The van der Waals surface area contributed by atoms with Crippen molar-refractivity contribution < 1.29 is 0 Å². The van der Waals surface area contributed by atoms with Crippen LogP contribution in [-0.2, 0) is 6.42 Å². The molecule has 0 aliphatic carbocycles. The van der Waals surface area contributed by atoms with E-state index in [0.29, 0.717) is 10.2 Å². The van der Waals surface area contributed by atoms with E-state index >= 15 is 0 Å². The van der Waals surface area contributed by atoms with Crippen LogP contribution in [0.2, 0.25) is 0 Å². The first-order chi connectivity index (χ1) is 12.6. The van der Waals surface area contributed by atoms with Crippen molar-refractivity contribution in [3.63, 3.8) is 0 Å². The summed E-state index contributed by atoms with van der Waals surface area (Å²) in [6.45, 7) is 2.74. The second-order valence-corrected chi connectivity index (χ2v) is 6.59. The minimum Gasteiger partial charge on any atom is -0.317 e. The Kier molecular flexibility index (Phi) is 6.08. The molecule has 8 heteroatoms. The number of hydrogen-bond donors (Lipinski definition) is 3. The van der Waals surface area contributed by atoms with Gasteiger partial charge in [0.25, 0.3) is 0 Å². The van der Waals surface area contributed by atoms with Crippen LogP contribution in [0.1, 0.15) is 24.6 Å². The molecule has 0 radical (unpaired) electrons. The Morgan fingerprint density at radius 1 is 1.12 bits per heavy atom. The van der Waals surface area contributed by atoms with E-state index in [1.807, 2.05) is 31.2 Å². The maximum absolute atomic E-state index is 5.50. The summed E-state index contributed by atoms with van der Waals surface area (Å²) in [4.78, 5) is 6.31. The van der Waals surface area contributed by atoms with Crippen molar-refractivity contribution >= 4 is 46.1 Å². The molecule has 1 aromatic carbocycles. The number of pyridine rings is 1. The maximum atomic E-state index is 5.50. The molecule has 2 aromatic rings. The summed E-state index contributed by atoms with van der Waals surface area (Å²) in [5.74, 6) is 0. The molecule has 0 unspecified atom stereocenters. The number of aromatic nitrogens is 1. The third-order valence-electron chi connectivity index (χ3n) is 4.00. The van der Waals surface area contributed by atoms with Crippen LogP contribution in [-0.4, -0.2) is 27.5 Å². The summed E-state index contributed by atoms with van der Waals surface area (Å²) in [5, 5.41) is 5.13. The molecule has 1 aliphatic rings. The number of hydrogen-bond acceptors (Lipinski definition) is 4. The molecule has 6 nitrogen and oxygen atoms in total. The van der Waals surface area contributed by atoms with Crippen LogP contribution in [0, 0.1) is 0 Å². The molecule has 134 valence electrons. The summed E-state index contributed by atoms with van der Waals surface area (Å²) < 4.78 is 0. The van der Waals surface area contributed by atoms with Gasteiger partial charge in [0.15, 0.2) is 5.11 Å². The van der Waals surface area contributed by atoms with Gasteiger partial charge in [0.1, 0.15) is 0 Å². The highest BCUT2D eigenvalue weighted by Gasteiger charge is 2.19. The predicted octanol–water partition coefficient (Wildman–Crippen LogP) is 2.51. The molecule has 2 heterocycles. The zero-order chi connectivity index (χ0) is 18.4. The van der Waals surface area contributed by atoms with Crippen LogP contribution in [0.3, 0.4) is 0 Å². The molecule has 1 aromatic heterocycles. The van der Waals surface area contributed by atoms with Crippen molar-refractivity contribution in [2.75, 3.05) is 11.4 Å². The van der Waals surface area contributed by atoms with Crippen LogP contribution >= 0.6 is 24.4 Å². The molecule has 0 bridgehead atoms. The highest BCUT2D eigenvalue weighted by atomic mass is 32.1. The number of benzene rings is 1. The lowest BCUT2D eigenvalue weighted by molar-refractivity contribution is 0.751. The SMILES string of the molecule is CC(=NNC(=S)NNC(=S)N1CCCc2ccccc21)c1ccccn1. The highest BCUT2D eigenvalue weighted by Crippen LogP contribution is 2.26. The number of rotatable bonds is 2. The Bertz CT molecular complexity index is 821. The standard InChI is InChI=1S/C18H20N6S2/c1-13(15-9-4-5-11-19-15)20-21-17(25)22-23-18(26)24-12-6-8-14-7-2-3-10-16(14)24/h2-5,7,9-11H,6,8,12H2,1H3,(H,23,26)(H2,21,22,25). The average Bonchev–Trinajstić information content (AvgIpc) is 2.70. The minimum absolute atomic E-state index is 0.327. The number of nitrogens with zero attached hydrogens (tertiary/aromatic N) is 3. The number of fused-ring (bicyclic) bond motifs is 1. The first-order valence-electron chi connectivity index (χ1n) is 8.32. The van der Waals surface area contributed by atoms with Gasteiger partial charge in [-0.15, -0.1) is 0 Å². The first-order valence-corrected chi connectivity index (χ1v) is 9.14. The molecule has 0 saturated heterocycles. The van der Waals surface area contributed by atoms with Gasteiger partial charge in [0.2, 0.25) is 5.11 Å². The number of thiocarbonyl (C=S) groups is 2. The smallest absolute Gasteiger partial charge is 0.205 e. The Hall–Kier alpha value is -2.58. The van der Waals surface area contributed by atoms with E-state index in [4.69, 9.17) is 24.4 Å². The lowest BCUT2D eigenvalue weighted by Gasteiger charge is -2.31. The summed E-state index contributed by atoms with van der Waals surface area (Å²) in [6, 6.07) is 14.0. The third-order valence-corrected chi connectivity index (χ3v) is 4.51. The number of aryl methyl sites for hydroxylation is 1. The zero-order valence-corrected chi connectivity index (χ0v) is 16.0. The molecule has 26 heavy (non-hydrogen) atoms. The van der Waals surface area contributed by atoms with Crippen molar-refractivity contribution in [1.29, 1.82) is 0 Å². The Labute approximate surface area is 163 Å². The van der Waals surface area contributed by atoms with E-state index in [1.54, 1.807) is 6.20 Å². The maximum Gasteiger partial charge on any atom is 0.205 e. The van der Waals surface area contributed by atoms with Crippen molar-refractivity contribution in [3.8, 4) is 0 Å². The lowest BCUT2D eigenvalue weighted by Crippen LogP contribution is -2.52. The van der Waals surface area contributed by atoms with Crippen LogP contribution in [0.5, 0.6) is 0 Å². The van der Waals surface area contributed by atoms with Gasteiger partial charge in [-0.25, -0.2) is 0 Å². The first kappa shape index (κ1) is 18.2. The van der Waals surface area contributed by atoms with Crippen LogP contribution < -0.4 is 21.2 Å². The van der Waals surface area contributed by atoms with E-state index in [1.165, 1.54) is 5.56 Å². The molecule has 0 atom stereocenters. The van der Waals surface area contributed by atoms with Gasteiger partial charge in [-0.3, -0.25) is 21.3 Å². The summed E-state index contributed by atoms with van der Waals surface area (Å²) in [7, 11) is 0. The Morgan fingerprint density at radius 3 is 2.73 bits per heavy atom. The summed E-state index contributed by atoms with van der Waals surface area (Å²) >= 11 is 10.7. The molecule has 3 N–H and O–H groups in total. The second-order valence-electron chi connectivity index (χ2n) is 5.79. The number of hydrazone groups is 1. The van der Waals surface area contributed by atoms with Crippen LogP contribution in [0.4, 0.5) is 5.69 Å². The van der Waals surface area contributed by atoms with Gasteiger partial charge >= 0.3 is 0 Å². The molecular formula is C18H20N6S2. The topological polar surface area (TPSA) is 64.6 Å². The largest absolute Gasteiger partial charge is 0.317 e. The van der Waals surface area contributed by atoms with Crippen LogP contribution in [0.25, 0.3) is 0 Å². The molecular weight excluding hydrogens is 364 g/mol. The quantitative estimate of drug-likeness (QED) is 0.418. The highest BCUT2D eigenvalue weighted by molar-refractivity contribution is 7.80. The lowest BCUT2D eigenvalue weighted by atomic mass is 10.0. The van der Waals surface area contributed by atoms with Crippen molar-refractivity contribution in [2.24, 2.45) is 5.10 Å². The third kappa shape index (κ3) is 4.53. The van der Waals surface area contributed by atoms with Gasteiger partial charge in [-0.05, 0) is 68.0 Å². The van der Waals surface area contributed by atoms with E-state index in [0.717, 1.165) is 36.5 Å².